The zero-order valence-electron chi connectivity index (χ0n) is 53.9. The van der Waals surface area contributed by atoms with Gasteiger partial charge in [0.05, 0.1) is 0 Å². The van der Waals surface area contributed by atoms with E-state index in [1.165, 1.54) is 141 Å². The predicted molar refractivity (Wildman–Crippen MR) is 362 cm³/mol. The van der Waals surface area contributed by atoms with Gasteiger partial charge in [-0.1, -0.05) is 301 Å². The number of esters is 3. The third-order valence-corrected chi connectivity index (χ3v) is 14.3. The van der Waals surface area contributed by atoms with Crippen molar-refractivity contribution < 1.29 is 28.6 Å². The summed E-state index contributed by atoms with van der Waals surface area (Å²) >= 11 is 0. The first kappa shape index (κ1) is 78.3. The molecule has 1 unspecified atom stereocenters. The molecule has 6 nitrogen and oxygen atoms in total. The fraction of sp³-hybridized carbons (Fsp3) is 0.649. The molecule has 0 rings (SSSR count). The molecule has 0 aliphatic rings. The first-order chi connectivity index (χ1) is 41.0. The van der Waals surface area contributed by atoms with Gasteiger partial charge in [-0.25, -0.2) is 0 Å². The van der Waals surface area contributed by atoms with Crippen molar-refractivity contribution in [1.29, 1.82) is 0 Å². The molecule has 470 valence electrons. The van der Waals surface area contributed by atoms with Crippen LogP contribution in [0.2, 0.25) is 0 Å². The maximum absolute atomic E-state index is 12.9. The number of ether oxygens (including phenoxy) is 3. The highest BCUT2D eigenvalue weighted by molar-refractivity contribution is 5.71. The van der Waals surface area contributed by atoms with E-state index in [0.29, 0.717) is 19.3 Å². The zero-order chi connectivity index (χ0) is 59.9. The van der Waals surface area contributed by atoms with Crippen LogP contribution in [0.15, 0.2) is 146 Å². The maximum Gasteiger partial charge on any atom is 0.306 e. The van der Waals surface area contributed by atoms with E-state index in [9.17, 15) is 14.4 Å². The lowest BCUT2D eigenvalue weighted by atomic mass is 10.0. The van der Waals surface area contributed by atoms with Crippen molar-refractivity contribution in [3.63, 3.8) is 0 Å². The van der Waals surface area contributed by atoms with E-state index in [0.717, 1.165) is 116 Å². The first-order valence-corrected chi connectivity index (χ1v) is 34.3. The number of unbranched alkanes of at least 4 members (excludes halogenated alkanes) is 26. The first-order valence-electron chi connectivity index (χ1n) is 34.3. The van der Waals surface area contributed by atoms with Crippen LogP contribution in [0.5, 0.6) is 0 Å². The van der Waals surface area contributed by atoms with Crippen molar-refractivity contribution in [3.05, 3.63) is 146 Å². The highest BCUT2D eigenvalue weighted by Gasteiger charge is 2.19. The summed E-state index contributed by atoms with van der Waals surface area (Å²) in [6, 6.07) is 0. The second kappa shape index (κ2) is 69.8. The summed E-state index contributed by atoms with van der Waals surface area (Å²) in [6.07, 6.45) is 100. The summed E-state index contributed by atoms with van der Waals surface area (Å²) in [5.41, 5.74) is 0. The van der Waals surface area contributed by atoms with Crippen LogP contribution in [-0.2, 0) is 28.6 Å². The monoisotopic (exact) mass is 1150 g/mol. The van der Waals surface area contributed by atoms with Crippen LogP contribution in [-0.4, -0.2) is 37.2 Å². The summed E-state index contributed by atoms with van der Waals surface area (Å²) < 4.78 is 16.9. The number of rotatable bonds is 61. The number of hydrogen-bond donors (Lipinski definition) is 0. The predicted octanol–water partition coefficient (Wildman–Crippen LogP) is 23.9. The molecule has 0 aromatic rings. The van der Waals surface area contributed by atoms with Crippen molar-refractivity contribution in [2.75, 3.05) is 13.2 Å². The quantitative estimate of drug-likeness (QED) is 0.0261. The van der Waals surface area contributed by atoms with Gasteiger partial charge in [-0.05, 0) is 128 Å². The zero-order valence-corrected chi connectivity index (χ0v) is 53.9. The smallest absolute Gasteiger partial charge is 0.306 e. The normalized spacial score (nSPS) is 13.0. The summed E-state index contributed by atoms with van der Waals surface area (Å²) in [6.45, 7) is 6.34. The van der Waals surface area contributed by atoms with Gasteiger partial charge >= 0.3 is 17.9 Å². The molecule has 0 radical (unpaired) electrons. The minimum absolute atomic E-state index is 0.107. The van der Waals surface area contributed by atoms with E-state index < -0.39 is 6.10 Å². The molecular formula is C77H126O6. The summed E-state index contributed by atoms with van der Waals surface area (Å²) in [4.78, 5) is 38.3. The molecular weight excluding hydrogens is 1020 g/mol. The van der Waals surface area contributed by atoms with Gasteiger partial charge in [0.2, 0.25) is 0 Å². The van der Waals surface area contributed by atoms with Crippen LogP contribution in [0.1, 0.15) is 303 Å². The van der Waals surface area contributed by atoms with E-state index in [4.69, 9.17) is 14.2 Å². The summed E-state index contributed by atoms with van der Waals surface area (Å²) in [7, 11) is 0. The van der Waals surface area contributed by atoms with Crippen LogP contribution < -0.4 is 0 Å². The average molecular weight is 1150 g/mol. The molecule has 0 aromatic heterocycles. The lowest BCUT2D eigenvalue weighted by Crippen LogP contribution is -2.30. The van der Waals surface area contributed by atoms with Crippen LogP contribution >= 0.6 is 0 Å². The van der Waals surface area contributed by atoms with Crippen molar-refractivity contribution >= 4 is 17.9 Å². The Bertz CT molecular complexity index is 1800. The fourth-order valence-electron chi connectivity index (χ4n) is 9.26. The van der Waals surface area contributed by atoms with Crippen molar-refractivity contribution in [2.24, 2.45) is 0 Å². The van der Waals surface area contributed by atoms with E-state index in [-0.39, 0.29) is 37.5 Å². The Balaban J connectivity index is 4.34. The molecule has 0 bridgehead atoms. The van der Waals surface area contributed by atoms with Crippen LogP contribution in [0.25, 0.3) is 0 Å². The van der Waals surface area contributed by atoms with Crippen LogP contribution in [0.3, 0.4) is 0 Å². The topological polar surface area (TPSA) is 78.9 Å². The Morgan fingerprint density at radius 2 is 0.494 bits per heavy atom. The van der Waals surface area contributed by atoms with E-state index >= 15 is 0 Å². The van der Waals surface area contributed by atoms with Gasteiger partial charge in [0.15, 0.2) is 6.10 Å². The van der Waals surface area contributed by atoms with Crippen molar-refractivity contribution in [1.82, 2.24) is 0 Å². The average Bonchev–Trinajstić information content (AvgIpc) is 3.49. The lowest BCUT2D eigenvalue weighted by Gasteiger charge is -2.18. The molecule has 0 saturated carbocycles. The second-order valence-corrected chi connectivity index (χ2v) is 22.3. The second-order valence-electron chi connectivity index (χ2n) is 22.3. The van der Waals surface area contributed by atoms with Gasteiger partial charge in [-0.3, -0.25) is 14.4 Å². The van der Waals surface area contributed by atoms with Crippen molar-refractivity contribution in [2.45, 2.75) is 309 Å². The number of carbonyl (C=O) groups excluding carboxylic acids is 3. The highest BCUT2D eigenvalue weighted by Crippen LogP contribution is 2.16. The molecule has 0 amide bonds. The van der Waals surface area contributed by atoms with Gasteiger partial charge in [-0.15, -0.1) is 0 Å². The molecule has 0 aliphatic heterocycles. The number of hydrogen-bond acceptors (Lipinski definition) is 6. The molecule has 0 N–H and O–H groups in total. The highest BCUT2D eigenvalue weighted by atomic mass is 16.6. The van der Waals surface area contributed by atoms with Crippen LogP contribution in [0.4, 0.5) is 0 Å². The van der Waals surface area contributed by atoms with E-state index in [2.05, 4.69) is 161 Å². The van der Waals surface area contributed by atoms with E-state index in [1.807, 2.05) is 6.08 Å². The van der Waals surface area contributed by atoms with Gasteiger partial charge < -0.3 is 14.2 Å². The van der Waals surface area contributed by atoms with Gasteiger partial charge in [0.25, 0.3) is 0 Å². The molecule has 83 heavy (non-hydrogen) atoms. The largest absolute Gasteiger partial charge is 0.462 e. The van der Waals surface area contributed by atoms with Gasteiger partial charge in [-0.2, -0.15) is 0 Å². The molecule has 6 heteroatoms. The SMILES string of the molecule is CC/C=C\C/C=C\C/C=C\C/C=C\C/C=C\CCCCCCCCCCCCCCCC(=O)OCC(COC(=O)CC/C=C\C/C=C\C/C=C\C/C=C\CC)OC(=O)CCCCCCCCCC/C=C\C/C=C\C/C=C\CCCCCCC. The molecule has 0 heterocycles. The molecule has 0 aliphatic carbocycles. The fourth-order valence-corrected chi connectivity index (χ4v) is 9.26. The van der Waals surface area contributed by atoms with E-state index in [1.54, 1.807) is 0 Å². The molecule has 0 saturated heterocycles. The Morgan fingerprint density at radius 3 is 0.807 bits per heavy atom. The maximum atomic E-state index is 12.9. The third-order valence-electron chi connectivity index (χ3n) is 14.3. The van der Waals surface area contributed by atoms with Gasteiger partial charge in [0, 0.05) is 19.3 Å². The summed E-state index contributed by atoms with van der Waals surface area (Å²) in [5.74, 6) is -0.997. The molecule has 1 atom stereocenters. The van der Waals surface area contributed by atoms with Crippen molar-refractivity contribution in [3.8, 4) is 0 Å². The minimum atomic E-state index is -0.818. The standard InChI is InChI=1S/C77H126O6/c1-4-7-10-13-16-19-22-25-27-29-31-33-35-36-37-38-39-40-42-43-45-47-49-52-55-58-61-64-67-70-76(79)82-73-74(72-81-75(78)69-66-63-60-57-54-51-24-21-18-15-12-9-6-3)83-77(80)71-68-65-62-59-56-53-50-48-46-44-41-34-32-30-28-26-23-20-17-14-11-8-5-2/h7,9-10,12,16,18-19,21,23,25-27,30-33,36-37,41,44,51,54,60,63,74H,4-6,8,11,13-15,17,20,22,24,28-29,34-35,38-40,42-43,45-50,52-53,55-59,61-62,64-73H2,1-3H3/b10-7-,12-9-,19-16-,21-18-,26-23-,27-25-,32-30-,33-31-,37-36-,44-41-,54-51-,63-60-. The minimum Gasteiger partial charge on any atom is -0.462 e. The number of carbonyl (C=O) groups is 3. The molecule has 0 spiro atoms. The summed E-state index contributed by atoms with van der Waals surface area (Å²) in [5, 5.41) is 0. The number of allylic oxidation sites excluding steroid dienone is 24. The Morgan fingerprint density at radius 1 is 0.253 bits per heavy atom. The molecule has 0 aromatic carbocycles. The Labute approximate surface area is 512 Å². The van der Waals surface area contributed by atoms with Crippen LogP contribution in [0, 0.1) is 0 Å². The Hall–Kier alpha value is -4.71. The van der Waals surface area contributed by atoms with Gasteiger partial charge in [0.1, 0.15) is 13.2 Å². The molecule has 0 fully saturated rings. The lowest BCUT2D eigenvalue weighted by molar-refractivity contribution is -0.166. The third kappa shape index (κ3) is 68.0. The Kier molecular flexibility index (Phi) is 65.8.